The predicted octanol–water partition coefficient (Wildman–Crippen LogP) is 1.04. The standard InChI is InChI=1S/C7H9NOS/c9-7(5-10)6-1-3-8-4-2-6/h1-4,7,9-10H,5H2. The van der Waals surface area contributed by atoms with Crippen molar-refractivity contribution in [1.82, 2.24) is 4.98 Å². The van der Waals surface area contributed by atoms with E-state index < -0.39 is 6.10 Å². The summed E-state index contributed by atoms with van der Waals surface area (Å²) in [5.41, 5.74) is 0.866. The first-order chi connectivity index (χ1) is 4.84. The van der Waals surface area contributed by atoms with E-state index in [0.717, 1.165) is 5.56 Å². The van der Waals surface area contributed by atoms with Crippen molar-refractivity contribution in [2.45, 2.75) is 6.10 Å². The van der Waals surface area contributed by atoms with Crippen molar-refractivity contribution in [2.75, 3.05) is 5.75 Å². The number of aliphatic hydroxyl groups excluding tert-OH is 1. The molecular weight excluding hydrogens is 146 g/mol. The Hall–Kier alpha value is -0.540. The topological polar surface area (TPSA) is 33.1 Å². The fourth-order valence-corrected chi connectivity index (χ4v) is 0.902. The van der Waals surface area contributed by atoms with Crippen LogP contribution in [0.15, 0.2) is 24.5 Å². The summed E-state index contributed by atoms with van der Waals surface area (Å²) in [6.45, 7) is 0. The normalized spacial score (nSPS) is 13.0. The third-order valence-electron chi connectivity index (χ3n) is 1.26. The Balaban J connectivity index is 2.75. The van der Waals surface area contributed by atoms with Gasteiger partial charge in [-0.2, -0.15) is 12.6 Å². The fraction of sp³-hybridized carbons (Fsp3) is 0.286. The molecule has 0 saturated carbocycles. The number of rotatable bonds is 2. The molecule has 1 atom stereocenters. The van der Waals surface area contributed by atoms with E-state index in [0.29, 0.717) is 5.75 Å². The zero-order chi connectivity index (χ0) is 7.40. The lowest BCUT2D eigenvalue weighted by Gasteiger charge is -2.04. The summed E-state index contributed by atoms with van der Waals surface area (Å²) in [4.78, 5) is 3.83. The van der Waals surface area contributed by atoms with Crippen LogP contribution in [0.4, 0.5) is 0 Å². The van der Waals surface area contributed by atoms with Crippen molar-refractivity contribution in [3.8, 4) is 0 Å². The Morgan fingerprint density at radius 1 is 1.50 bits per heavy atom. The Morgan fingerprint density at radius 3 is 2.60 bits per heavy atom. The van der Waals surface area contributed by atoms with Gasteiger partial charge in [-0.3, -0.25) is 4.98 Å². The maximum atomic E-state index is 9.23. The lowest BCUT2D eigenvalue weighted by Crippen LogP contribution is -1.97. The van der Waals surface area contributed by atoms with Crippen LogP contribution in [-0.2, 0) is 0 Å². The van der Waals surface area contributed by atoms with E-state index in [9.17, 15) is 5.11 Å². The molecule has 0 saturated heterocycles. The van der Waals surface area contributed by atoms with Crippen molar-refractivity contribution in [2.24, 2.45) is 0 Å². The van der Waals surface area contributed by atoms with Gasteiger partial charge in [-0.05, 0) is 17.7 Å². The maximum absolute atomic E-state index is 9.23. The summed E-state index contributed by atoms with van der Waals surface area (Å²) in [6, 6.07) is 3.56. The molecule has 0 spiro atoms. The van der Waals surface area contributed by atoms with Crippen molar-refractivity contribution in [3.05, 3.63) is 30.1 Å². The van der Waals surface area contributed by atoms with Gasteiger partial charge in [0, 0.05) is 18.1 Å². The van der Waals surface area contributed by atoms with E-state index in [1.165, 1.54) is 0 Å². The second-order valence-electron chi connectivity index (χ2n) is 1.98. The minimum atomic E-state index is -0.466. The first-order valence-corrected chi connectivity index (χ1v) is 3.66. The van der Waals surface area contributed by atoms with Crippen LogP contribution in [0.2, 0.25) is 0 Å². The number of thiol groups is 1. The molecule has 0 aromatic carbocycles. The highest BCUT2D eigenvalue weighted by atomic mass is 32.1. The van der Waals surface area contributed by atoms with Gasteiger partial charge >= 0.3 is 0 Å². The van der Waals surface area contributed by atoms with Crippen LogP contribution in [0.25, 0.3) is 0 Å². The molecule has 0 aliphatic carbocycles. The van der Waals surface area contributed by atoms with Crippen LogP contribution in [0.1, 0.15) is 11.7 Å². The summed E-state index contributed by atoms with van der Waals surface area (Å²) in [7, 11) is 0. The SMILES string of the molecule is OC(CS)c1ccncc1. The monoisotopic (exact) mass is 155 g/mol. The largest absolute Gasteiger partial charge is 0.388 e. The highest BCUT2D eigenvalue weighted by Gasteiger charge is 2.01. The second kappa shape index (κ2) is 3.58. The van der Waals surface area contributed by atoms with E-state index in [2.05, 4.69) is 17.6 Å². The molecule has 0 fully saturated rings. The first-order valence-electron chi connectivity index (χ1n) is 3.03. The molecule has 0 aliphatic heterocycles. The van der Waals surface area contributed by atoms with Gasteiger partial charge in [-0.1, -0.05) is 0 Å². The van der Waals surface area contributed by atoms with Crippen LogP contribution >= 0.6 is 12.6 Å². The van der Waals surface area contributed by atoms with Gasteiger partial charge in [-0.15, -0.1) is 0 Å². The number of hydrogen-bond donors (Lipinski definition) is 2. The molecule has 0 aliphatic rings. The van der Waals surface area contributed by atoms with Crippen molar-refractivity contribution in [3.63, 3.8) is 0 Å². The molecule has 1 aromatic rings. The predicted molar refractivity (Wildman–Crippen MR) is 43.0 cm³/mol. The molecular formula is C7H9NOS. The molecule has 1 rings (SSSR count). The molecule has 3 heteroatoms. The van der Waals surface area contributed by atoms with Crippen molar-refractivity contribution >= 4 is 12.6 Å². The number of aromatic nitrogens is 1. The van der Waals surface area contributed by atoms with Gasteiger partial charge < -0.3 is 5.11 Å². The average molecular weight is 155 g/mol. The number of pyridine rings is 1. The summed E-state index contributed by atoms with van der Waals surface area (Å²) >= 11 is 3.96. The minimum Gasteiger partial charge on any atom is -0.388 e. The highest BCUT2D eigenvalue weighted by Crippen LogP contribution is 2.11. The minimum absolute atomic E-state index is 0.448. The van der Waals surface area contributed by atoms with Gasteiger partial charge in [0.25, 0.3) is 0 Å². The molecule has 0 amide bonds. The second-order valence-corrected chi connectivity index (χ2v) is 2.34. The van der Waals surface area contributed by atoms with E-state index in [4.69, 9.17) is 0 Å². The van der Waals surface area contributed by atoms with Crippen molar-refractivity contribution in [1.29, 1.82) is 0 Å². The number of hydrogen-bond acceptors (Lipinski definition) is 3. The van der Waals surface area contributed by atoms with E-state index in [1.807, 2.05) is 0 Å². The Labute approximate surface area is 65.3 Å². The lowest BCUT2D eigenvalue weighted by atomic mass is 10.2. The Bertz CT molecular complexity index is 190. The van der Waals surface area contributed by atoms with Crippen LogP contribution in [-0.4, -0.2) is 15.8 Å². The molecule has 1 N–H and O–H groups in total. The summed E-state index contributed by atoms with van der Waals surface area (Å²) < 4.78 is 0. The van der Waals surface area contributed by atoms with E-state index >= 15 is 0 Å². The Kier molecular flexibility index (Phi) is 2.71. The van der Waals surface area contributed by atoms with Gasteiger partial charge in [0.15, 0.2) is 0 Å². The van der Waals surface area contributed by atoms with Crippen LogP contribution in [0.5, 0.6) is 0 Å². The smallest absolute Gasteiger partial charge is 0.0878 e. The highest BCUT2D eigenvalue weighted by molar-refractivity contribution is 7.80. The first kappa shape index (κ1) is 7.57. The number of nitrogens with zero attached hydrogens (tertiary/aromatic N) is 1. The molecule has 0 bridgehead atoms. The fourth-order valence-electron chi connectivity index (χ4n) is 0.691. The lowest BCUT2D eigenvalue weighted by molar-refractivity contribution is 0.204. The molecule has 0 radical (unpaired) electrons. The van der Waals surface area contributed by atoms with Gasteiger partial charge in [0.1, 0.15) is 0 Å². The molecule has 1 aromatic heterocycles. The summed E-state index contributed by atoms with van der Waals surface area (Å²) in [5.74, 6) is 0.448. The Morgan fingerprint density at radius 2 is 2.10 bits per heavy atom. The quantitative estimate of drug-likeness (QED) is 0.626. The van der Waals surface area contributed by atoms with E-state index in [1.54, 1.807) is 24.5 Å². The zero-order valence-electron chi connectivity index (χ0n) is 5.44. The van der Waals surface area contributed by atoms with E-state index in [-0.39, 0.29) is 0 Å². The average Bonchev–Trinajstić information content (AvgIpc) is 2.05. The molecule has 2 nitrogen and oxygen atoms in total. The number of aliphatic hydroxyl groups is 1. The van der Waals surface area contributed by atoms with Crippen LogP contribution < -0.4 is 0 Å². The third-order valence-corrected chi connectivity index (χ3v) is 1.61. The van der Waals surface area contributed by atoms with Gasteiger partial charge in [-0.25, -0.2) is 0 Å². The van der Waals surface area contributed by atoms with Crippen molar-refractivity contribution < 1.29 is 5.11 Å². The van der Waals surface area contributed by atoms with Gasteiger partial charge in [0.2, 0.25) is 0 Å². The van der Waals surface area contributed by atoms with Crippen LogP contribution in [0, 0.1) is 0 Å². The molecule has 1 unspecified atom stereocenters. The van der Waals surface area contributed by atoms with Crippen LogP contribution in [0.3, 0.4) is 0 Å². The molecule has 54 valence electrons. The maximum Gasteiger partial charge on any atom is 0.0878 e. The molecule has 10 heavy (non-hydrogen) atoms. The third kappa shape index (κ3) is 1.72. The zero-order valence-corrected chi connectivity index (χ0v) is 6.33. The summed E-state index contributed by atoms with van der Waals surface area (Å²) in [6.07, 6.45) is 2.84. The molecule has 1 heterocycles. The summed E-state index contributed by atoms with van der Waals surface area (Å²) in [5, 5.41) is 9.23. The van der Waals surface area contributed by atoms with Gasteiger partial charge in [0.05, 0.1) is 6.10 Å².